The average Bonchev–Trinajstić information content (AvgIpc) is 2.67. The van der Waals surface area contributed by atoms with Gasteiger partial charge < -0.3 is 5.73 Å². The lowest BCUT2D eigenvalue weighted by Gasteiger charge is -2.13. The predicted octanol–water partition coefficient (Wildman–Crippen LogP) is 3.57. The van der Waals surface area contributed by atoms with Gasteiger partial charge >= 0.3 is 0 Å². The fourth-order valence-corrected chi connectivity index (χ4v) is 3.24. The third-order valence-electron chi connectivity index (χ3n) is 4.31. The van der Waals surface area contributed by atoms with Crippen LogP contribution in [0.4, 0.5) is 5.82 Å². The van der Waals surface area contributed by atoms with E-state index < -0.39 is 0 Å². The van der Waals surface area contributed by atoms with Crippen LogP contribution in [0.1, 0.15) is 44.2 Å². The lowest BCUT2D eigenvalue weighted by Crippen LogP contribution is -2.05. The number of nitrogen functional groups attached to an aromatic ring is 1. The zero-order valence-electron chi connectivity index (χ0n) is 11.8. The Balaban J connectivity index is 1.83. The maximum Gasteiger partial charge on any atom is 0.153 e. The minimum absolute atomic E-state index is 0.597. The van der Waals surface area contributed by atoms with Crippen LogP contribution in [-0.2, 0) is 6.42 Å². The maximum absolute atomic E-state index is 6.05. The molecule has 20 heavy (non-hydrogen) atoms. The van der Waals surface area contributed by atoms with Crippen LogP contribution in [0.2, 0.25) is 0 Å². The summed E-state index contributed by atoms with van der Waals surface area (Å²) < 4.78 is 0. The maximum atomic E-state index is 6.05. The molecule has 0 radical (unpaired) electrons. The van der Waals surface area contributed by atoms with Gasteiger partial charge in [0.15, 0.2) is 5.82 Å². The molecule has 1 saturated carbocycles. The van der Waals surface area contributed by atoms with Crippen LogP contribution in [0.15, 0.2) is 24.5 Å². The van der Waals surface area contributed by atoms with Gasteiger partial charge in [0.1, 0.15) is 0 Å². The topological polar surface area (TPSA) is 67.6 Å². The van der Waals surface area contributed by atoms with Gasteiger partial charge in [-0.15, -0.1) is 0 Å². The van der Waals surface area contributed by atoms with E-state index in [9.17, 15) is 0 Å². The Labute approximate surface area is 119 Å². The number of aromatic nitrogens is 3. The number of rotatable bonds is 3. The van der Waals surface area contributed by atoms with Crippen molar-refractivity contribution in [3.05, 3.63) is 30.2 Å². The lowest BCUT2D eigenvalue weighted by molar-refractivity contribution is 0.453. The molecule has 1 fully saturated rings. The van der Waals surface area contributed by atoms with E-state index in [1.165, 1.54) is 44.2 Å². The van der Waals surface area contributed by atoms with E-state index in [4.69, 9.17) is 5.73 Å². The van der Waals surface area contributed by atoms with E-state index in [0.717, 1.165) is 23.5 Å². The molecule has 0 bridgehead atoms. The number of hydrogen-bond donors (Lipinski definition) is 2. The quantitative estimate of drug-likeness (QED) is 0.838. The molecular formula is C16H22N4. The van der Waals surface area contributed by atoms with Crippen molar-refractivity contribution in [2.24, 2.45) is 5.92 Å². The minimum Gasteiger partial charge on any atom is -0.382 e. The first-order valence-electron chi connectivity index (χ1n) is 7.57. The fourth-order valence-electron chi connectivity index (χ4n) is 3.24. The van der Waals surface area contributed by atoms with E-state index >= 15 is 0 Å². The zero-order chi connectivity index (χ0) is 13.8. The molecule has 0 amide bonds. The summed E-state index contributed by atoms with van der Waals surface area (Å²) in [6, 6.07) is 4.00. The summed E-state index contributed by atoms with van der Waals surface area (Å²) in [5.74, 6) is 1.36. The van der Waals surface area contributed by atoms with Crippen molar-refractivity contribution >= 4 is 5.82 Å². The van der Waals surface area contributed by atoms with Gasteiger partial charge in [0, 0.05) is 23.7 Å². The van der Waals surface area contributed by atoms with E-state index in [1.807, 2.05) is 12.1 Å². The van der Waals surface area contributed by atoms with Crippen molar-refractivity contribution in [2.75, 3.05) is 5.73 Å². The summed E-state index contributed by atoms with van der Waals surface area (Å²) >= 11 is 0. The summed E-state index contributed by atoms with van der Waals surface area (Å²) in [4.78, 5) is 4.07. The second kappa shape index (κ2) is 6.07. The predicted molar refractivity (Wildman–Crippen MR) is 81.1 cm³/mol. The Bertz CT molecular complexity index is 539. The largest absolute Gasteiger partial charge is 0.382 e. The Morgan fingerprint density at radius 2 is 1.80 bits per heavy atom. The summed E-state index contributed by atoms with van der Waals surface area (Å²) in [5, 5.41) is 7.36. The molecule has 0 aliphatic heterocycles. The first-order chi connectivity index (χ1) is 9.84. The smallest absolute Gasteiger partial charge is 0.153 e. The van der Waals surface area contributed by atoms with Crippen LogP contribution in [-0.4, -0.2) is 15.2 Å². The highest BCUT2D eigenvalue weighted by Crippen LogP contribution is 2.32. The van der Waals surface area contributed by atoms with Gasteiger partial charge in [0.2, 0.25) is 0 Å². The first kappa shape index (κ1) is 13.2. The van der Waals surface area contributed by atoms with Crippen LogP contribution in [0.3, 0.4) is 0 Å². The van der Waals surface area contributed by atoms with Crippen LogP contribution in [0, 0.1) is 5.92 Å². The van der Waals surface area contributed by atoms with Crippen molar-refractivity contribution in [1.29, 1.82) is 0 Å². The molecule has 106 valence electrons. The summed E-state index contributed by atoms with van der Waals surface area (Å²) in [5.41, 5.74) is 9.40. The molecule has 4 nitrogen and oxygen atoms in total. The Morgan fingerprint density at radius 1 is 1.10 bits per heavy atom. The normalized spacial score (nSPS) is 17.0. The van der Waals surface area contributed by atoms with Crippen molar-refractivity contribution in [2.45, 2.75) is 44.9 Å². The highest BCUT2D eigenvalue weighted by atomic mass is 15.2. The van der Waals surface area contributed by atoms with Gasteiger partial charge in [0.05, 0.1) is 0 Å². The Morgan fingerprint density at radius 3 is 2.50 bits per heavy atom. The van der Waals surface area contributed by atoms with Crippen molar-refractivity contribution in [3.8, 4) is 11.1 Å². The second-order valence-corrected chi connectivity index (χ2v) is 5.76. The molecule has 2 aromatic heterocycles. The monoisotopic (exact) mass is 270 g/mol. The van der Waals surface area contributed by atoms with Gasteiger partial charge in [-0.1, -0.05) is 38.5 Å². The molecule has 0 saturated heterocycles. The number of nitrogens with zero attached hydrogens (tertiary/aromatic N) is 2. The summed E-state index contributed by atoms with van der Waals surface area (Å²) in [6.07, 6.45) is 12.8. The van der Waals surface area contributed by atoms with Crippen LogP contribution in [0.25, 0.3) is 11.1 Å². The number of aromatic amines is 1. The second-order valence-electron chi connectivity index (χ2n) is 5.76. The molecule has 0 spiro atoms. The Kier molecular flexibility index (Phi) is 4.00. The molecule has 1 aliphatic carbocycles. The number of H-pyrrole nitrogens is 1. The van der Waals surface area contributed by atoms with E-state index in [2.05, 4.69) is 15.2 Å². The molecule has 2 aromatic rings. The molecule has 3 rings (SSSR count). The van der Waals surface area contributed by atoms with E-state index in [-0.39, 0.29) is 0 Å². The fraction of sp³-hybridized carbons (Fsp3) is 0.500. The molecule has 0 atom stereocenters. The molecule has 0 unspecified atom stereocenters. The van der Waals surface area contributed by atoms with Crippen molar-refractivity contribution in [1.82, 2.24) is 15.2 Å². The van der Waals surface area contributed by atoms with Crippen LogP contribution >= 0.6 is 0 Å². The number of nitrogens with one attached hydrogen (secondary N) is 1. The van der Waals surface area contributed by atoms with Gasteiger partial charge in [0.25, 0.3) is 0 Å². The third-order valence-corrected chi connectivity index (χ3v) is 4.31. The van der Waals surface area contributed by atoms with Gasteiger partial charge in [-0.3, -0.25) is 10.1 Å². The molecule has 0 aromatic carbocycles. The number of hydrogen-bond acceptors (Lipinski definition) is 3. The standard InChI is InChI=1S/C16H22N4/c17-16-15(13-7-9-18-10-8-13)14(19-20-16)11-12-5-3-1-2-4-6-12/h7-10,12H,1-6,11H2,(H3,17,19,20). The molecule has 3 N–H and O–H groups in total. The highest BCUT2D eigenvalue weighted by molar-refractivity contribution is 5.75. The summed E-state index contributed by atoms with van der Waals surface area (Å²) in [7, 11) is 0. The third kappa shape index (κ3) is 2.84. The average molecular weight is 270 g/mol. The van der Waals surface area contributed by atoms with Crippen molar-refractivity contribution < 1.29 is 0 Å². The van der Waals surface area contributed by atoms with Gasteiger partial charge in [-0.25, -0.2) is 0 Å². The molecular weight excluding hydrogens is 248 g/mol. The number of nitrogens with two attached hydrogens (primary N) is 1. The van der Waals surface area contributed by atoms with Gasteiger partial charge in [-0.05, 0) is 30.0 Å². The lowest BCUT2D eigenvalue weighted by atomic mass is 9.92. The molecule has 1 aliphatic rings. The molecule has 2 heterocycles. The van der Waals surface area contributed by atoms with E-state index in [0.29, 0.717) is 5.82 Å². The van der Waals surface area contributed by atoms with Crippen LogP contribution in [0.5, 0.6) is 0 Å². The van der Waals surface area contributed by atoms with Crippen LogP contribution < -0.4 is 5.73 Å². The number of pyridine rings is 1. The minimum atomic E-state index is 0.597. The SMILES string of the molecule is Nc1n[nH]c(CC2CCCCCC2)c1-c1ccncc1. The van der Waals surface area contributed by atoms with Crippen molar-refractivity contribution in [3.63, 3.8) is 0 Å². The Hall–Kier alpha value is -1.84. The summed E-state index contributed by atoms with van der Waals surface area (Å²) in [6.45, 7) is 0. The first-order valence-corrected chi connectivity index (χ1v) is 7.57. The van der Waals surface area contributed by atoms with E-state index in [1.54, 1.807) is 12.4 Å². The van der Waals surface area contributed by atoms with Gasteiger partial charge in [-0.2, -0.15) is 5.10 Å². The zero-order valence-corrected chi connectivity index (χ0v) is 11.8. The molecule has 4 heteroatoms. The highest BCUT2D eigenvalue weighted by Gasteiger charge is 2.18. The number of anilines is 1.